The molecule has 0 aromatic carbocycles. The summed E-state index contributed by atoms with van der Waals surface area (Å²) in [6.45, 7) is 2.10. The van der Waals surface area contributed by atoms with Crippen LogP contribution in [0.5, 0.6) is 0 Å². The molecule has 15 heavy (non-hydrogen) atoms. The van der Waals surface area contributed by atoms with Crippen LogP contribution in [0, 0.1) is 0 Å². The first-order chi connectivity index (χ1) is 7.29. The first kappa shape index (κ1) is 10.2. The number of hydrogen-bond acceptors (Lipinski definition) is 5. The minimum atomic E-state index is -0.123. The molecule has 1 saturated heterocycles. The third kappa shape index (κ3) is 2.37. The molecule has 0 aliphatic carbocycles. The summed E-state index contributed by atoms with van der Waals surface area (Å²) in [5, 5.41) is 9.01. The quantitative estimate of drug-likeness (QED) is 0.709. The van der Waals surface area contributed by atoms with E-state index in [1.54, 1.807) is 6.07 Å². The summed E-state index contributed by atoms with van der Waals surface area (Å²) in [5.41, 5.74) is 5.61. The lowest BCUT2D eigenvalue weighted by Gasteiger charge is -2.32. The molecule has 5 nitrogen and oxygen atoms in total. The fourth-order valence-corrected chi connectivity index (χ4v) is 1.65. The number of rotatable bonds is 2. The molecule has 1 aromatic rings. The van der Waals surface area contributed by atoms with Gasteiger partial charge in [0.25, 0.3) is 0 Å². The molecule has 0 radical (unpaired) electrons. The number of anilines is 2. The van der Waals surface area contributed by atoms with Crippen LogP contribution in [0.15, 0.2) is 18.2 Å². The number of aromatic nitrogens is 1. The van der Waals surface area contributed by atoms with E-state index >= 15 is 0 Å². The van der Waals surface area contributed by atoms with Crippen LogP contribution in [0.4, 0.5) is 11.6 Å². The fourth-order valence-electron chi connectivity index (χ4n) is 1.65. The van der Waals surface area contributed by atoms with Crippen LogP contribution in [-0.2, 0) is 4.74 Å². The Morgan fingerprint density at radius 1 is 1.60 bits per heavy atom. The van der Waals surface area contributed by atoms with E-state index in [1.165, 1.54) is 0 Å². The predicted molar refractivity (Wildman–Crippen MR) is 57.7 cm³/mol. The van der Waals surface area contributed by atoms with Crippen molar-refractivity contribution in [2.75, 3.05) is 36.9 Å². The van der Waals surface area contributed by atoms with E-state index in [4.69, 9.17) is 15.6 Å². The maximum absolute atomic E-state index is 9.01. The molecule has 1 aliphatic heterocycles. The second-order valence-corrected chi connectivity index (χ2v) is 3.54. The van der Waals surface area contributed by atoms with Gasteiger partial charge in [0.1, 0.15) is 11.6 Å². The van der Waals surface area contributed by atoms with Crippen molar-refractivity contribution >= 4 is 11.6 Å². The zero-order chi connectivity index (χ0) is 10.7. The molecule has 5 heteroatoms. The number of nitrogens with zero attached hydrogens (tertiary/aromatic N) is 2. The maximum atomic E-state index is 9.01. The van der Waals surface area contributed by atoms with E-state index in [9.17, 15) is 0 Å². The maximum Gasteiger partial charge on any atom is 0.131 e. The van der Waals surface area contributed by atoms with Crippen molar-refractivity contribution < 1.29 is 9.84 Å². The van der Waals surface area contributed by atoms with Crippen LogP contribution >= 0.6 is 0 Å². The molecule has 0 amide bonds. The number of ether oxygens (including phenoxy) is 1. The number of aliphatic hydroxyl groups is 1. The summed E-state index contributed by atoms with van der Waals surface area (Å²) in [4.78, 5) is 6.30. The van der Waals surface area contributed by atoms with Crippen LogP contribution in [0.1, 0.15) is 0 Å². The zero-order valence-corrected chi connectivity index (χ0v) is 8.47. The van der Waals surface area contributed by atoms with Crippen LogP contribution in [0.3, 0.4) is 0 Å². The Labute approximate surface area is 88.5 Å². The second kappa shape index (κ2) is 4.46. The van der Waals surface area contributed by atoms with Gasteiger partial charge in [0.15, 0.2) is 0 Å². The van der Waals surface area contributed by atoms with Gasteiger partial charge in [0.05, 0.1) is 19.3 Å². The topological polar surface area (TPSA) is 71.6 Å². The SMILES string of the molecule is Nc1cccc(N2CCOC(CO)C2)n1. The molecule has 1 fully saturated rings. The average Bonchev–Trinajstić information content (AvgIpc) is 2.29. The monoisotopic (exact) mass is 209 g/mol. The summed E-state index contributed by atoms with van der Waals surface area (Å²) in [5.74, 6) is 1.36. The highest BCUT2D eigenvalue weighted by atomic mass is 16.5. The zero-order valence-electron chi connectivity index (χ0n) is 8.47. The molecule has 1 atom stereocenters. The fraction of sp³-hybridized carbons (Fsp3) is 0.500. The van der Waals surface area contributed by atoms with Crippen molar-refractivity contribution in [3.63, 3.8) is 0 Å². The minimum absolute atomic E-state index is 0.0405. The largest absolute Gasteiger partial charge is 0.394 e. The molecule has 2 rings (SSSR count). The van der Waals surface area contributed by atoms with Crippen molar-refractivity contribution in [2.45, 2.75) is 6.10 Å². The van der Waals surface area contributed by atoms with Crippen LogP contribution in [0.25, 0.3) is 0 Å². The number of nitrogen functional groups attached to an aromatic ring is 1. The summed E-state index contributed by atoms with van der Waals surface area (Å²) >= 11 is 0. The van der Waals surface area contributed by atoms with Gasteiger partial charge in [-0.1, -0.05) is 6.07 Å². The first-order valence-electron chi connectivity index (χ1n) is 4.99. The Morgan fingerprint density at radius 3 is 3.20 bits per heavy atom. The molecule has 0 spiro atoms. The van der Waals surface area contributed by atoms with Crippen molar-refractivity contribution in [2.24, 2.45) is 0 Å². The van der Waals surface area contributed by atoms with Gasteiger partial charge in [0, 0.05) is 13.1 Å². The molecule has 82 valence electrons. The minimum Gasteiger partial charge on any atom is -0.394 e. The smallest absolute Gasteiger partial charge is 0.131 e. The van der Waals surface area contributed by atoms with Gasteiger partial charge in [-0.05, 0) is 12.1 Å². The van der Waals surface area contributed by atoms with Gasteiger partial charge >= 0.3 is 0 Å². The van der Waals surface area contributed by atoms with Crippen LogP contribution < -0.4 is 10.6 Å². The van der Waals surface area contributed by atoms with Crippen molar-refractivity contribution in [3.8, 4) is 0 Å². The lowest BCUT2D eigenvalue weighted by atomic mass is 10.3. The van der Waals surface area contributed by atoms with Gasteiger partial charge in [-0.15, -0.1) is 0 Å². The number of aliphatic hydroxyl groups excluding tert-OH is 1. The van der Waals surface area contributed by atoms with E-state index < -0.39 is 0 Å². The van der Waals surface area contributed by atoms with Gasteiger partial charge < -0.3 is 20.5 Å². The number of hydrogen-bond donors (Lipinski definition) is 2. The van der Waals surface area contributed by atoms with E-state index in [0.717, 1.165) is 12.4 Å². The van der Waals surface area contributed by atoms with Crippen molar-refractivity contribution in [1.29, 1.82) is 0 Å². The van der Waals surface area contributed by atoms with Gasteiger partial charge in [-0.25, -0.2) is 4.98 Å². The second-order valence-electron chi connectivity index (χ2n) is 3.54. The lowest BCUT2D eigenvalue weighted by molar-refractivity contribution is 0.00337. The Balaban J connectivity index is 2.09. The summed E-state index contributed by atoms with van der Waals surface area (Å²) in [6, 6.07) is 5.55. The van der Waals surface area contributed by atoms with Crippen molar-refractivity contribution in [3.05, 3.63) is 18.2 Å². The Morgan fingerprint density at radius 2 is 2.47 bits per heavy atom. The molecule has 2 heterocycles. The van der Waals surface area contributed by atoms with Gasteiger partial charge in [0.2, 0.25) is 0 Å². The Bertz CT molecular complexity index is 332. The molecule has 0 bridgehead atoms. The highest BCUT2D eigenvalue weighted by Crippen LogP contribution is 2.15. The van der Waals surface area contributed by atoms with Gasteiger partial charge in [-0.2, -0.15) is 0 Å². The summed E-state index contributed by atoms with van der Waals surface area (Å²) < 4.78 is 5.36. The Hall–Kier alpha value is -1.33. The normalized spacial score (nSPS) is 21.7. The molecule has 1 unspecified atom stereocenters. The molecule has 3 N–H and O–H groups in total. The third-order valence-electron chi connectivity index (χ3n) is 2.42. The van der Waals surface area contributed by atoms with Crippen LogP contribution in [-0.4, -0.2) is 42.5 Å². The molecular formula is C10H15N3O2. The van der Waals surface area contributed by atoms with E-state index in [1.807, 2.05) is 12.1 Å². The number of nitrogens with two attached hydrogens (primary N) is 1. The highest BCUT2D eigenvalue weighted by Gasteiger charge is 2.20. The predicted octanol–water partition coefficient (Wildman–Crippen LogP) is -0.139. The average molecular weight is 209 g/mol. The number of pyridine rings is 1. The summed E-state index contributed by atoms with van der Waals surface area (Å²) in [7, 11) is 0. The van der Waals surface area contributed by atoms with Gasteiger partial charge in [-0.3, -0.25) is 0 Å². The van der Waals surface area contributed by atoms with Crippen LogP contribution in [0.2, 0.25) is 0 Å². The standard InChI is InChI=1S/C10H15N3O2/c11-9-2-1-3-10(12-9)13-4-5-15-8(6-13)7-14/h1-3,8,14H,4-7H2,(H2,11,12). The first-order valence-corrected chi connectivity index (χ1v) is 4.99. The molecule has 0 saturated carbocycles. The molecular weight excluding hydrogens is 194 g/mol. The van der Waals surface area contributed by atoms with E-state index in [2.05, 4.69) is 9.88 Å². The number of morpholine rings is 1. The molecule has 1 aromatic heterocycles. The Kier molecular flexibility index (Phi) is 3.03. The summed E-state index contributed by atoms with van der Waals surface area (Å²) in [6.07, 6.45) is -0.123. The van der Waals surface area contributed by atoms with E-state index in [-0.39, 0.29) is 12.7 Å². The third-order valence-corrected chi connectivity index (χ3v) is 2.42. The molecule has 1 aliphatic rings. The van der Waals surface area contributed by atoms with E-state index in [0.29, 0.717) is 19.0 Å². The highest BCUT2D eigenvalue weighted by molar-refractivity contribution is 5.45. The lowest BCUT2D eigenvalue weighted by Crippen LogP contribution is -2.44. The van der Waals surface area contributed by atoms with Crippen molar-refractivity contribution in [1.82, 2.24) is 4.98 Å².